The van der Waals surface area contributed by atoms with E-state index < -0.39 is 5.91 Å². The van der Waals surface area contributed by atoms with Crippen molar-refractivity contribution < 1.29 is 14.3 Å². The third kappa shape index (κ3) is 3.90. The summed E-state index contributed by atoms with van der Waals surface area (Å²) in [7, 11) is 3.00. The monoisotopic (exact) mass is 385 g/mol. The zero-order valence-electron chi connectivity index (χ0n) is 14.6. The molecule has 3 aromatic rings. The second kappa shape index (κ2) is 7.88. The van der Waals surface area contributed by atoms with Gasteiger partial charge < -0.3 is 15.4 Å². The smallest absolute Gasteiger partial charge is 0.277 e. The van der Waals surface area contributed by atoms with Crippen LogP contribution in [0.3, 0.4) is 0 Å². The third-order valence-corrected chi connectivity index (χ3v) is 4.08. The minimum Gasteiger partial charge on any atom is -0.495 e. The lowest BCUT2D eigenvalue weighted by molar-refractivity contribution is 0.0961. The van der Waals surface area contributed by atoms with Crippen LogP contribution < -0.4 is 15.4 Å². The molecule has 0 saturated carbocycles. The number of carbonyl (C=O) groups is 2. The molecule has 0 spiro atoms. The molecule has 0 fully saturated rings. The topological polar surface area (TPSA) is 98.1 Å². The number of ether oxygens (including phenoxy) is 1. The van der Waals surface area contributed by atoms with Crippen LogP contribution in [0.15, 0.2) is 48.7 Å². The Bertz CT molecular complexity index is 1000. The summed E-state index contributed by atoms with van der Waals surface area (Å²) in [4.78, 5) is 24.4. The van der Waals surface area contributed by atoms with Gasteiger partial charge in [0.25, 0.3) is 11.8 Å². The van der Waals surface area contributed by atoms with Crippen LogP contribution in [0.5, 0.6) is 5.75 Å². The van der Waals surface area contributed by atoms with Crippen LogP contribution in [0.2, 0.25) is 5.02 Å². The molecule has 2 N–H and O–H groups in total. The van der Waals surface area contributed by atoms with E-state index in [4.69, 9.17) is 16.3 Å². The molecule has 9 heteroatoms. The van der Waals surface area contributed by atoms with E-state index >= 15 is 0 Å². The normalized spacial score (nSPS) is 10.3. The molecule has 2 aromatic carbocycles. The maximum atomic E-state index is 12.5. The van der Waals surface area contributed by atoms with Crippen molar-refractivity contribution in [3.05, 3.63) is 64.9 Å². The zero-order valence-corrected chi connectivity index (χ0v) is 15.3. The Morgan fingerprint density at radius 1 is 1.15 bits per heavy atom. The van der Waals surface area contributed by atoms with Gasteiger partial charge in [0, 0.05) is 12.6 Å². The van der Waals surface area contributed by atoms with E-state index in [1.807, 2.05) is 0 Å². The van der Waals surface area contributed by atoms with E-state index in [1.165, 1.54) is 31.1 Å². The summed E-state index contributed by atoms with van der Waals surface area (Å²) in [5, 5.41) is 13.5. The highest BCUT2D eigenvalue weighted by atomic mass is 35.5. The first-order chi connectivity index (χ1) is 13.0. The van der Waals surface area contributed by atoms with Crippen molar-refractivity contribution in [2.24, 2.45) is 0 Å². The average Bonchev–Trinajstić information content (AvgIpc) is 3.17. The molecule has 27 heavy (non-hydrogen) atoms. The predicted molar refractivity (Wildman–Crippen MR) is 101 cm³/mol. The number of para-hydroxylation sites is 1. The number of hydrogen-bond donors (Lipinski definition) is 2. The minimum absolute atomic E-state index is 0.0855. The van der Waals surface area contributed by atoms with Gasteiger partial charge in [-0.3, -0.25) is 9.59 Å². The quantitative estimate of drug-likeness (QED) is 0.703. The van der Waals surface area contributed by atoms with Gasteiger partial charge in [-0.1, -0.05) is 28.9 Å². The molecule has 3 rings (SSSR count). The molecule has 2 amide bonds. The van der Waals surface area contributed by atoms with Crippen LogP contribution in [0.25, 0.3) is 5.69 Å². The van der Waals surface area contributed by atoms with E-state index in [1.54, 1.807) is 36.4 Å². The van der Waals surface area contributed by atoms with Crippen LogP contribution >= 0.6 is 11.6 Å². The Kier molecular flexibility index (Phi) is 5.37. The molecule has 0 radical (unpaired) electrons. The first-order valence-corrected chi connectivity index (χ1v) is 8.30. The highest BCUT2D eigenvalue weighted by Gasteiger charge is 2.16. The lowest BCUT2D eigenvalue weighted by atomic mass is 10.1. The number of hydrogen-bond acceptors (Lipinski definition) is 5. The van der Waals surface area contributed by atoms with Gasteiger partial charge in [-0.15, -0.1) is 5.10 Å². The Morgan fingerprint density at radius 2 is 1.93 bits per heavy atom. The van der Waals surface area contributed by atoms with E-state index in [0.29, 0.717) is 27.7 Å². The molecular weight excluding hydrogens is 370 g/mol. The summed E-state index contributed by atoms with van der Waals surface area (Å²) in [6, 6.07) is 11.8. The van der Waals surface area contributed by atoms with Crippen LogP contribution in [-0.2, 0) is 0 Å². The molecule has 0 unspecified atom stereocenters. The third-order valence-electron chi connectivity index (χ3n) is 3.76. The molecule has 0 aliphatic rings. The van der Waals surface area contributed by atoms with Crippen molar-refractivity contribution in [2.45, 2.75) is 0 Å². The number of carbonyl (C=O) groups excluding carboxylic acids is 2. The van der Waals surface area contributed by atoms with Crippen molar-refractivity contribution in [1.82, 2.24) is 20.3 Å². The standard InChI is InChI=1S/C18H16ClN5O3/c1-20-17(25)11-7-8-16(27-2)13(9-11)21-18(26)14-10-24(23-22-14)15-6-4-3-5-12(15)19/h3-10H,1-2H3,(H,20,25)(H,21,26). The van der Waals surface area contributed by atoms with Gasteiger partial charge in [0.2, 0.25) is 0 Å². The SMILES string of the molecule is CNC(=O)c1ccc(OC)c(NC(=O)c2cn(-c3ccccc3Cl)nn2)c1. The summed E-state index contributed by atoms with van der Waals surface area (Å²) in [5.41, 5.74) is 1.41. The number of benzene rings is 2. The molecule has 0 saturated heterocycles. The predicted octanol–water partition coefficient (Wildman–Crippen LogP) is 2.54. The minimum atomic E-state index is -0.499. The molecule has 1 aromatic heterocycles. The molecule has 1 heterocycles. The van der Waals surface area contributed by atoms with Gasteiger partial charge in [-0.05, 0) is 30.3 Å². The fraction of sp³-hybridized carbons (Fsp3) is 0.111. The molecule has 0 aliphatic heterocycles. The summed E-state index contributed by atoms with van der Waals surface area (Å²) in [6.45, 7) is 0. The van der Waals surface area contributed by atoms with E-state index in [0.717, 1.165) is 0 Å². The number of nitrogens with one attached hydrogen (secondary N) is 2. The van der Waals surface area contributed by atoms with Crippen LogP contribution in [0.1, 0.15) is 20.8 Å². The molecule has 0 bridgehead atoms. The highest BCUT2D eigenvalue weighted by molar-refractivity contribution is 6.32. The van der Waals surface area contributed by atoms with Crippen LogP contribution in [0.4, 0.5) is 5.69 Å². The van der Waals surface area contributed by atoms with E-state index in [9.17, 15) is 9.59 Å². The van der Waals surface area contributed by atoms with E-state index in [-0.39, 0.29) is 11.6 Å². The molecular formula is C18H16ClN5O3. The number of methoxy groups -OCH3 is 1. The Balaban J connectivity index is 1.86. The maximum absolute atomic E-state index is 12.5. The number of nitrogens with zero attached hydrogens (tertiary/aromatic N) is 3. The van der Waals surface area contributed by atoms with Gasteiger partial charge in [-0.2, -0.15) is 0 Å². The first-order valence-electron chi connectivity index (χ1n) is 7.92. The van der Waals surface area contributed by atoms with Gasteiger partial charge in [0.1, 0.15) is 5.75 Å². The fourth-order valence-corrected chi connectivity index (χ4v) is 2.62. The summed E-state index contributed by atoms with van der Waals surface area (Å²) in [5.74, 6) is -0.368. The van der Waals surface area contributed by atoms with Crippen molar-refractivity contribution in [3.63, 3.8) is 0 Å². The largest absolute Gasteiger partial charge is 0.495 e. The molecule has 8 nitrogen and oxygen atoms in total. The summed E-state index contributed by atoms with van der Waals surface area (Å²) < 4.78 is 6.65. The lowest BCUT2D eigenvalue weighted by Crippen LogP contribution is -2.19. The summed E-state index contributed by atoms with van der Waals surface area (Å²) in [6.07, 6.45) is 1.46. The number of anilines is 1. The van der Waals surface area contributed by atoms with Gasteiger partial charge in [0.05, 0.1) is 29.7 Å². The molecule has 0 atom stereocenters. The number of halogens is 1. The van der Waals surface area contributed by atoms with E-state index in [2.05, 4.69) is 20.9 Å². The lowest BCUT2D eigenvalue weighted by Gasteiger charge is -2.11. The fourth-order valence-electron chi connectivity index (χ4n) is 2.40. The van der Waals surface area contributed by atoms with Crippen molar-refractivity contribution in [1.29, 1.82) is 0 Å². The van der Waals surface area contributed by atoms with Crippen molar-refractivity contribution in [2.75, 3.05) is 19.5 Å². The number of aromatic nitrogens is 3. The van der Waals surface area contributed by atoms with Crippen LogP contribution in [-0.4, -0.2) is 41.0 Å². The number of amides is 2. The molecule has 138 valence electrons. The van der Waals surface area contributed by atoms with Crippen molar-refractivity contribution >= 4 is 29.1 Å². The maximum Gasteiger partial charge on any atom is 0.277 e. The average molecular weight is 386 g/mol. The Labute approximate surface area is 160 Å². The molecule has 0 aliphatic carbocycles. The Morgan fingerprint density at radius 3 is 2.63 bits per heavy atom. The number of rotatable bonds is 5. The second-order valence-electron chi connectivity index (χ2n) is 5.45. The highest BCUT2D eigenvalue weighted by Crippen LogP contribution is 2.26. The first kappa shape index (κ1) is 18.4. The summed E-state index contributed by atoms with van der Waals surface area (Å²) >= 11 is 6.13. The van der Waals surface area contributed by atoms with Gasteiger partial charge in [-0.25, -0.2) is 4.68 Å². The zero-order chi connectivity index (χ0) is 19.4. The van der Waals surface area contributed by atoms with Gasteiger partial charge >= 0.3 is 0 Å². The second-order valence-corrected chi connectivity index (χ2v) is 5.86. The van der Waals surface area contributed by atoms with Crippen LogP contribution in [0, 0.1) is 0 Å². The van der Waals surface area contributed by atoms with Crippen molar-refractivity contribution in [3.8, 4) is 11.4 Å². The Hall–Kier alpha value is -3.39. The van der Waals surface area contributed by atoms with Gasteiger partial charge in [0.15, 0.2) is 5.69 Å².